The molecule has 1 heterocycles. The minimum Gasteiger partial charge on any atom is -0.312 e. The van der Waals surface area contributed by atoms with Crippen LogP contribution in [0, 0.1) is 5.92 Å². The van der Waals surface area contributed by atoms with E-state index in [4.69, 9.17) is 0 Å². The van der Waals surface area contributed by atoms with E-state index in [1.807, 2.05) is 7.05 Å². The molecule has 0 saturated heterocycles. The summed E-state index contributed by atoms with van der Waals surface area (Å²) in [5.74, 6) is 0.605. The van der Waals surface area contributed by atoms with Gasteiger partial charge in [-0.25, -0.2) is 0 Å². The Hall–Kier alpha value is -0.480. The Bertz CT molecular complexity index is 327. The van der Waals surface area contributed by atoms with Crippen LogP contribution in [0.1, 0.15) is 57.7 Å². The minimum atomic E-state index is 0.0743. The fourth-order valence-electron chi connectivity index (χ4n) is 1.83. The maximum Gasteiger partial charge on any atom is 0.0857 e. The highest BCUT2D eigenvalue weighted by atomic mass is 32.1. The van der Waals surface area contributed by atoms with E-state index < -0.39 is 0 Å². The largest absolute Gasteiger partial charge is 0.312 e. The van der Waals surface area contributed by atoms with Gasteiger partial charge in [0.2, 0.25) is 0 Å². The van der Waals surface area contributed by atoms with Gasteiger partial charge in [0, 0.05) is 11.5 Å². The van der Waals surface area contributed by atoms with Crippen LogP contribution in [0.15, 0.2) is 0 Å². The van der Waals surface area contributed by atoms with Crippen LogP contribution in [0.25, 0.3) is 0 Å². The van der Waals surface area contributed by atoms with Gasteiger partial charge in [0.25, 0.3) is 0 Å². The summed E-state index contributed by atoms with van der Waals surface area (Å²) in [6.07, 6.45) is 1.16. The van der Waals surface area contributed by atoms with Gasteiger partial charge in [-0.1, -0.05) is 45.5 Å². The quantitative estimate of drug-likeness (QED) is 0.880. The number of aromatic nitrogens is 2. The lowest BCUT2D eigenvalue weighted by Crippen LogP contribution is -2.26. The first-order chi connectivity index (χ1) is 7.41. The summed E-state index contributed by atoms with van der Waals surface area (Å²) < 4.78 is 4.13. The molecule has 0 fully saturated rings. The Morgan fingerprint density at radius 2 is 2.00 bits per heavy atom. The van der Waals surface area contributed by atoms with Crippen LogP contribution in [0.4, 0.5) is 0 Å². The maximum atomic E-state index is 4.30. The van der Waals surface area contributed by atoms with E-state index >= 15 is 0 Å². The Morgan fingerprint density at radius 3 is 2.44 bits per heavy atom. The third kappa shape index (κ3) is 2.80. The van der Waals surface area contributed by atoms with Gasteiger partial charge in [-0.05, 0) is 24.5 Å². The summed E-state index contributed by atoms with van der Waals surface area (Å²) in [6, 6.07) is 0.374. The molecule has 0 saturated carbocycles. The van der Waals surface area contributed by atoms with Crippen molar-refractivity contribution in [2.45, 2.75) is 52.5 Å². The van der Waals surface area contributed by atoms with Gasteiger partial charge in [-0.3, -0.25) is 0 Å². The Balaban J connectivity index is 3.07. The molecular formula is C12H23N3S. The zero-order valence-corrected chi connectivity index (χ0v) is 12.0. The van der Waals surface area contributed by atoms with Crippen LogP contribution < -0.4 is 5.32 Å². The molecule has 3 nitrogen and oxygen atoms in total. The molecule has 2 unspecified atom stereocenters. The SMILES string of the molecule is CCC(C)C(NC)c1snnc1C(C)(C)C. The topological polar surface area (TPSA) is 37.8 Å². The molecule has 0 spiro atoms. The summed E-state index contributed by atoms with van der Waals surface area (Å²) in [4.78, 5) is 1.30. The third-order valence-corrected chi connectivity index (χ3v) is 3.84. The van der Waals surface area contributed by atoms with E-state index in [1.54, 1.807) is 0 Å². The van der Waals surface area contributed by atoms with Crippen LogP contribution in [-0.4, -0.2) is 16.6 Å². The number of rotatable bonds is 4. The second-order valence-corrected chi connectivity index (χ2v) is 6.17. The van der Waals surface area contributed by atoms with Crippen molar-refractivity contribution in [1.82, 2.24) is 14.9 Å². The van der Waals surface area contributed by atoms with Crippen molar-refractivity contribution in [3.8, 4) is 0 Å². The summed E-state index contributed by atoms with van der Waals surface area (Å²) in [5.41, 5.74) is 1.21. The fraction of sp³-hybridized carbons (Fsp3) is 0.833. The smallest absolute Gasteiger partial charge is 0.0857 e. The molecule has 0 amide bonds. The van der Waals surface area contributed by atoms with Gasteiger partial charge in [0.1, 0.15) is 0 Å². The van der Waals surface area contributed by atoms with Crippen LogP contribution in [-0.2, 0) is 5.41 Å². The molecule has 16 heavy (non-hydrogen) atoms. The van der Waals surface area contributed by atoms with Gasteiger partial charge < -0.3 is 5.32 Å². The van der Waals surface area contributed by atoms with E-state index in [9.17, 15) is 0 Å². The molecule has 0 aromatic carbocycles. The molecule has 2 atom stereocenters. The van der Waals surface area contributed by atoms with Crippen molar-refractivity contribution < 1.29 is 0 Å². The average Bonchev–Trinajstić information content (AvgIpc) is 2.67. The van der Waals surface area contributed by atoms with Crippen molar-refractivity contribution in [3.05, 3.63) is 10.6 Å². The Labute approximate surface area is 103 Å². The highest BCUT2D eigenvalue weighted by Crippen LogP contribution is 2.34. The molecule has 0 aliphatic rings. The molecule has 92 valence electrons. The number of hydrogen-bond donors (Lipinski definition) is 1. The van der Waals surface area contributed by atoms with Crippen LogP contribution in [0.3, 0.4) is 0 Å². The predicted octanol–water partition coefficient (Wildman–Crippen LogP) is 3.14. The summed E-state index contributed by atoms with van der Waals surface area (Å²) in [6.45, 7) is 11.1. The lowest BCUT2D eigenvalue weighted by Gasteiger charge is -2.25. The van der Waals surface area contributed by atoms with E-state index in [0.717, 1.165) is 12.1 Å². The van der Waals surface area contributed by atoms with Crippen molar-refractivity contribution in [2.24, 2.45) is 5.92 Å². The normalized spacial score (nSPS) is 16.1. The standard InChI is InChI=1S/C12H23N3S/c1-7-8(2)9(13-6)10-11(12(3,4)5)14-15-16-10/h8-9,13H,7H2,1-6H3. The molecule has 1 aromatic heterocycles. The lowest BCUT2D eigenvalue weighted by molar-refractivity contribution is 0.397. The monoisotopic (exact) mass is 241 g/mol. The molecule has 4 heteroatoms. The average molecular weight is 241 g/mol. The van der Waals surface area contributed by atoms with Crippen LogP contribution in [0.2, 0.25) is 0 Å². The van der Waals surface area contributed by atoms with Crippen molar-refractivity contribution >= 4 is 11.5 Å². The van der Waals surface area contributed by atoms with Gasteiger partial charge in [-0.2, -0.15) is 0 Å². The fourth-order valence-corrected chi connectivity index (χ4v) is 2.94. The number of hydrogen-bond acceptors (Lipinski definition) is 4. The van der Waals surface area contributed by atoms with Gasteiger partial charge >= 0.3 is 0 Å². The Kier molecular flexibility index (Phi) is 4.44. The molecule has 0 aliphatic carbocycles. The molecule has 0 bridgehead atoms. The van der Waals surface area contributed by atoms with Gasteiger partial charge in [0.15, 0.2) is 0 Å². The van der Waals surface area contributed by atoms with Gasteiger partial charge in [0.05, 0.1) is 10.6 Å². The van der Waals surface area contributed by atoms with Crippen molar-refractivity contribution in [2.75, 3.05) is 7.05 Å². The van der Waals surface area contributed by atoms with E-state index in [-0.39, 0.29) is 5.41 Å². The summed E-state index contributed by atoms with van der Waals surface area (Å²) >= 11 is 1.53. The first-order valence-corrected chi connectivity index (χ1v) is 6.69. The Morgan fingerprint density at radius 1 is 1.38 bits per heavy atom. The van der Waals surface area contributed by atoms with Crippen LogP contribution >= 0.6 is 11.5 Å². The third-order valence-electron chi connectivity index (χ3n) is 3.03. The highest BCUT2D eigenvalue weighted by molar-refractivity contribution is 7.05. The second-order valence-electron chi connectivity index (χ2n) is 5.39. The highest BCUT2D eigenvalue weighted by Gasteiger charge is 2.28. The zero-order chi connectivity index (χ0) is 12.3. The molecular weight excluding hydrogens is 218 g/mol. The molecule has 1 aromatic rings. The number of nitrogens with one attached hydrogen (secondary N) is 1. The van der Waals surface area contributed by atoms with Crippen molar-refractivity contribution in [3.63, 3.8) is 0 Å². The minimum absolute atomic E-state index is 0.0743. The molecule has 0 aliphatic heterocycles. The maximum absolute atomic E-state index is 4.30. The first-order valence-electron chi connectivity index (χ1n) is 5.91. The molecule has 1 N–H and O–H groups in total. The van der Waals surface area contributed by atoms with E-state index in [1.165, 1.54) is 16.4 Å². The lowest BCUT2D eigenvalue weighted by atomic mass is 9.87. The second kappa shape index (κ2) is 5.23. The number of nitrogens with zero attached hydrogens (tertiary/aromatic N) is 2. The molecule has 0 radical (unpaired) electrons. The zero-order valence-electron chi connectivity index (χ0n) is 11.2. The summed E-state index contributed by atoms with van der Waals surface area (Å²) in [7, 11) is 2.02. The molecule has 1 rings (SSSR count). The first kappa shape index (κ1) is 13.6. The van der Waals surface area contributed by atoms with E-state index in [2.05, 4.69) is 49.5 Å². The van der Waals surface area contributed by atoms with E-state index in [0.29, 0.717) is 12.0 Å². The predicted molar refractivity (Wildman–Crippen MR) is 69.9 cm³/mol. The van der Waals surface area contributed by atoms with Crippen LogP contribution in [0.5, 0.6) is 0 Å². The van der Waals surface area contributed by atoms with Crippen molar-refractivity contribution in [1.29, 1.82) is 0 Å². The summed E-state index contributed by atoms with van der Waals surface area (Å²) in [5, 5.41) is 7.70. The van der Waals surface area contributed by atoms with Gasteiger partial charge in [-0.15, -0.1) is 5.10 Å².